The molecule has 2 aromatic carbocycles. The maximum atomic E-state index is 13.1. The predicted molar refractivity (Wildman–Crippen MR) is 139 cm³/mol. The van der Waals surface area contributed by atoms with Gasteiger partial charge < -0.3 is 52.0 Å². The van der Waals surface area contributed by atoms with Crippen molar-refractivity contribution in [1.82, 2.24) is 4.90 Å². The number of phenols is 1. The van der Waals surface area contributed by atoms with Gasteiger partial charge in [-0.1, -0.05) is 53.7 Å². The molecule has 2 aromatic rings. The Morgan fingerprint density at radius 2 is 1.16 bits per heavy atom. The SMILES string of the molecule is CCN(CC)C(=O)Oc1c(C(C)(C)C)cc(C)c(C)c1-c1c(C)c(C)cc(C(C)(C)C)c1O.[Cl-].[Cl-].[Cl-].[Ti+3]. The van der Waals surface area contributed by atoms with Gasteiger partial charge in [-0.15, -0.1) is 0 Å². The Balaban J connectivity index is -0.00000289. The number of carbonyl (C=O) groups excluding carboxylic acids is 1. The zero-order valence-electron chi connectivity index (χ0n) is 24.4. The van der Waals surface area contributed by atoms with E-state index < -0.39 is 0 Å². The first-order valence-corrected chi connectivity index (χ1v) is 12.0. The summed E-state index contributed by atoms with van der Waals surface area (Å²) in [7, 11) is 0. The molecule has 1 amide bonds. The maximum Gasteiger partial charge on any atom is 3.00 e. The van der Waals surface area contributed by atoms with Crippen LogP contribution in [0.4, 0.5) is 4.79 Å². The topological polar surface area (TPSA) is 49.8 Å². The molecular weight excluding hydrogens is 565 g/mol. The Morgan fingerprint density at radius 3 is 1.54 bits per heavy atom. The van der Waals surface area contributed by atoms with E-state index in [1.165, 1.54) is 0 Å². The van der Waals surface area contributed by atoms with E-state index in [4.69, 9.17) is 4.74 Å². The summed E-state index contributed by atoms with van der Waals surface area (Å²) in [4.78, 5) is 14.8. The van der Waals surface area contributed by atoms with Crippen LogP contribution in [-0.4, -0.2) is 29.2 Å². The molecule has 0 saturated heterocycles. The van der Waals surface area contributed by atoms with Crippen molar-refractivity contribution in [1.29, 1.82) is 0 Å². The molecule has 1 N–H and O–H groups in total. The average Bonchev–Trinajstić information content (AvgIpc) is 2.68. The molecule has 0 aliphatic heterocycles. The Hall–Kier alpha value is -0.906. The molecule has 0 spiro atoms. The first-order chi connectivity index (χ1) is 15.1. The fourth-order valence-electron chi connectivity index (χ4n) is 4.27. The van der Waals surface area contributed by atoms with Crippen molar-refractivity contribution >= 4 is 6.09 Å². The Labute approximate surface area is 258 Å². The minimum absolute atomic E-state index is 0. The van der Waals surface area contributed by atoms with E-state index >= 15 is 0 Å². The number of hydrogen-bond acceptors (Lipinski definition) is 3. The summed E-state index contributed by atoms with van der Waals surface area (Å²) < 4.78 is 6.19. The fraction of sp³-hybridized carbons (Fsp3) is 0.552. The second-order valence-electron chi connectivity index (χ2n) is 11.2. The number of phenolic OH excluding ortho intramolecular Hbond substituents is 1. The van der Waals surface area contributed by atoms with E-state index in [9.17, 15) is 9.90 Å². The number of benzene rings is 2. The first-order valence-electron chi connectivity index (χ1n) is 12.0. The van der Waals surface area contributed by atoms with Crippen LogP contribution in [-0.2, 0) is 32.5 Å². The van der Waals surface area contributed by atoms with Crippen molar-refractivity contribution in [2.75, 3.05) is 13.1 Å². The van der Waals surface area contributed by atoms with Gasteiger partial charge in [-0.3, -0.25) is 0 Å². The first kappa shape index (κ1) is 40.6. The third-order valence-electron chi connectivity index (χ3n) is 6.70. The number of ether oxygens (including phenoxy) is 1. The van der Waals surface area contributed by atoms with E-state index in [2.05, 4.69) is 67.5 Å². The number of hydrogen-bond donors (Lipinski definition) is 1. The van der Waals surface area contributed by atoms with Gasteiger partial charge >= 0.3 is 27.8 Å². The van der Waals surface area contributed by atoms with Crippen molar-refractivity contribution in [2.45, 2.75) is 93.9 Å². The Bertz CT molecular complexity index is 1070. The predicted octanol–water partition coefficient (Wildman–Crippen LogP) is -1.26. The van der Waals surface area contributed by atoms with Gasteiger partial charge in [0.15, 0.2) is 0 Å². The summed E-state index contributed by atoms with van der Waals surface area (Å²) in [5.74, 6) is 0.811. The smallest absolute Gasteiger partial charge is 1.00 e. The fourth-order valence-corrected chi connectivity index (χ4v) is 4.27. The molecule has 0 aliphatic rings. The third-order valence-corrected chi connectivity index (χ3v) is 6.70. The molecule has 8 heteroatoms. The summed E-state index contributed by atoms with van der Waals surface area (Å²) in [5, 5.41) is 11.6. The van der Waals surface area contributed by atoms with E-state index in [-0.39, 0.29) is 81.6 Å². The van der Waals surface area contributed by atoms with Gasteiger partial charge in [-0.25, -0.2) is 4.79 Å². The number of aryl methyl sites for hydroxylation is 2. The molecule has 0 saturated carbocycles. The van der Waals surface area contributed by atoms with E-state index in [1.807, 2.05) is 27.7 Å². The van der Waals surface area contributed by atoms with Crippen LogP contribution >= 0.6 is 0 Å². The van der Waals surface area contributed by atoms with Gasteiger partial charge in [0.1, 0.15) is 11.5 Å². The summed E-state index contributed by atoms with van der Waals surface area (Å²) in [6, 6.07) is 4.20. The van der Waals surface area contributed by atoms with Gasteiger partial charge in [-0.05, 0) is 74.6 Å². The molecular formula is C29H43Cl3NO3Ti. The molecule has 1 radical (unpaired) electrons. The molecule has 0 fully saturated rings. The monoisotopic (exact) mass is 606 g/mol. The van der Waals surface area contributed by atoms with Crippen molar-refractivity contribution < 1.29 is 73.6 Å². The van der Waals surface area contributed by atoms with Crippen molar-refractivity contribution in [3.8, 4) is 22.6 Å². The van der Waals surface area contributed by atoms with Crippen LogP contribution in [0.25, 0.3) is 11.1 Å². The minimum atomic E-state index is -0.365. The van der Waals surface area contributed by atoms with Gasteiger partial charge in [-0.2, -0.15) is 0 Å². The third kappa shape index (κ3) is 8.54. The summed E-state index contributed by atoms with van der Waals surface area (Å²) in [6.45, 7) is 26.0. The molecule has 0 unspecified atom stereocenters. The number of amides is 1. The molecule has 2 rings (SSSR count). The number of aromatic hydroxyl groups is 1. The minimum Gasteiger partial charge on any atom is -1.00 e. The maximum absolute atomic E-state index is 13.1. The van der Waals surface area contributed by atoms with Crippen molar-refractivity contribution in [3.63, 3.8) is 0 Å². The molecule has 0 aromatic heterocycles. The molecule has 37 heavy (non-hydrogen) atoms. The van der Waals surface area contributed by atoms with Crippen LogP contribution in [0.2, 0.25) is 0 Å². The molecule has 0 aliphatic carbocycles. The second kappa shape index (κ2) is 15.0. The Kier molecular flexibility index (Phi) is 16.5. The van der Waals surface area contributed by atoms with E-state index in [0.29, 0.717) is 18.8 Å². The largest absolute Gasteiger partial charge is 3.00 e. The van der Waals surface area contributed by atoms with Crippen LogP contribution in [0, 0.1) is 27.7 Å². The van der Waals surface area contributed by atoms with Gasteiger partial charge in [0.25, 0.3) is 0 Å². The summed E-state index contributed by atoms with van der Waals surface area (Å²) in [6.07, 6.45) is -0.365. The molecule has 0 bridgehead atoms. The molecule has 207 valence electrons. The van der Waals surface area contributed by atoms with Crippen LogP contribution in [0.3, 0.4) is 0 Å². The zero-order valence-corrected chi connectivity index (χ0v) is 28.2. The van der Waals surface area contributed by atoms with Gasteiger partial charge in [0.05, 0.1) is 0 Å². The molecule has 0 heterocycles. The number of rotatable bonds is 4. The van der Waals surface area contributed by atoms with Crippen molar-refractivity contribution in [2.24, 2.45) is 0 Å². The summed E-state index contributed by atoms with van der Waals surface area (Å²) >= 11 is 0. The second-order valence-corrected chi connectivity index (χ2v) is 11.2. The van der Waals surface area contributed by atoms with Gasteiger partial charge in [0, 0.05) is 35.3 Å². The van der Waals surface area contributed by atoms with Gasteiger partial charge in [0.2, 0.25) is 0 Å². The van der Waals surface area contributed by atoms with E-state index in [1.54, 1.807) is 4.90 Å². The Morgan fingerprint density at radius 1 is 0.784 bits per heavy atom. The standard InChI is InChI=1S/C29H43NO3.3ClH.Ti/c1-13-30(14-2)27(32)33-26-22(29(10,11)12)16-18(4)20(6)24(26)23-19(5)17(3)15-21(25(23)31)28(7,8)9;;;;/h15-16,31H,13-14H2,1-12H3;3*1H;/q;;;;+3/p-3. The quantitative estimate of drug-likeness (QED) is 0.442. The number of carbonyl (C=O) groups is 1. The number of halogens is 3. The van der Waals surface area contributed by atoms with Crippen LogP contribution in [0.5, 0.6) is 11.5 Å². The van der Waals surface area contributed by atoms with Crippen LogP contribution < -0.4 is 42.0 Å². The van der Waals surface area contributed by atoms with Crippen LogP contribution in [0.15, 0.2) is 12.1 Å². The molecule has 4 nitrogen and oxygen atoms in total. The average molecular weight is 608 g/mol. The molecule has 0 atom stereocenters. The summed E-state index contributed by atoms with van der Waals surface area (Å²) in [5.41, 5.74) is 7.13. The number of nitrogens with zero attached hydrogens (tertiary/aromatic N) is 1. The van der Waals surface area contributed by atoms with Crippen LogP contribution in [0.1, 0.15) is 88.8 Å². The van der Waals surface area contributed by atoms with E-state index in [0.717, 1.165) is 44.5 Å². The normalized spacial score (nSPS) is 10.8. The van der Waals surface area contributed by atoms with Crippen molar-refractivity contribution in [3.05, 3.63) is 45.5 Å². The zero-order chi connectivity index (χ0) is 25.5.